The molecule has 0 aliphatic heterocycles. The summed E-state index contributed by atoms with van der Waals surface area (Å²) in [6.45, 7) is 0. The van der Waals surface area contributed by atoms with Crippen LogP contribution in [0.15, 0.2) is 12.2 Å². The second-order valence-electron chi connectivity index (χ2n) is 2.84. The van der Waals surface area contributed by atoms with Crippen molar-refractivity contribution in [3.63, 3.8) is 0 Å². The highest BCUT2D eigenvalue weighted by Gasteiger charge is 2.42. The van der Waals surface area contributed by atoms with E-state index in [-0.39, 0.29) is 10.8 Å². The van der Waals surface area contributed by atoms with Crippen LogP contribution < -0.4 is 0 Å². The number of alkyl halides is 2. The van der Waals surface area contributed by atoms with Crippen LogP contribution in [0.25, 0.3) is 0 Å². The van der Waals surface area contributed by atoms with Crippen LogP contribution in [0.3, 0.4) is 0 Å². The maximum absolute atomic E-state index is 5.98. The first-order chi connectivity index (χ1) is 4.29. The van der Waals surface area contributed by atoms with Crippen molar-refractivity contribution < 1.29 is 0 Å². The van der Waals surface area contributed by atoms with E-state index < -0.39 is 0 Å². The van der Waals surface area contributed by atoms with E-state index in [1.165, 1.54) is 6.42 Å². The van der Waals surface area contributed by atoms with E-state index >= 15 is 0 Å². The Labute approximate surface area is 64.8 Å². The van der Waals surface area contributed by atoms with Crippen LogP contribution in [0.4, 0.5) is 0 Å². The monoisotopic (exact) mass is 162 g/mol. The van der Waals surface area contributed by atoms with Crippen molar-refractivity contribution in [2.24, 2.45) is 11.8 Å². The van der Waals surface area contributed by atoms with Crippen LogP contribution in [0.1, 0.15) is 6.42 Å². The molecule has 0 aromatic heterocycles. The molecule has 1 fully saturated rings. The van der Waals surface area contributed by atoms with Crippen molar-refractivity contribution in [3.8, 4) is 0 Å². The zero-order chi connectivity index (χ0) is 6.43. The smallest absolute Gasteiger partial charge is 0.0568 e. The van der Waals surface area contributed by atoms with E-state index in [0.29, 0.717) is 11.8 Å². The summed E-state index contributed by atoms with van der Waals surface area (Å²) in [5.41, 5.74) is 0. The molecule has 1 saturated carbocycles. The predicted octanol–water partition coefficient (Wildman–Crippen LogP) is 2.41. The molecule has 2 rings (SSSR count). The normalized spacial score (nSPS) is 54.9. The average Bonchev–Trinajstić information content (AvgIpc) is 2.37. The molecule has 2 aliphatic rings. The molecule has 2 aliphatic carbocycles. The quantitative estimate of drug-likeness (QED) is 0.380. The van der Waals surface area contributed by atoms with Gasteiger partial charge >= 0.3 is 0 Å². The van der Waals surface area contributed by atoms with Gasteiger partial charge in [0.1, 0.15) is 0 Å². The van der Waals surface area contributed by atoms with Gasteiger partial charge in [-0.3, -0.25) is 0 Å². The third kappa shape index (κ3) is 0.731. The third-order valence-corrected chi connectivity index (χ3v) is 3.59. The number of hydrogen-bond acceptors (Lipinski definition) is 0. The Morgan fingerprint density at radius 2 is 1.44 bits per heavy atom. The van der Waals surface area contributed by atoms with E-state index in [4.69, 9.17) is 23.2 Å². The lowest BCUT2D eigenvalue weighted by atomic mass is 10.1. The summed E-state index contributed by atoms with van der Waals surface area (Å²) in [6, 6.07) is 0. The van der Waals surface area contributed by atoms with E-state index in [1.807, 2.05) is 0 Å². The van der Waals surface area contributed by atoms with Crippen molar-refractivity contribution in [1.29, 1.82) is 0 Å². The highest BCUT2D eigenvalue weighted by Crippen LogP contribution is 2.44. The molecular weight excluding hydrogens is 155 g/mol. The van der Waals surface area contributed by atoms with E-state index in [2.05, 4.69) is 12.2 Å². The van der Waals surface area contributed by atoms with Crippen molar-refractivity contribution in [2.45, 2.75) is 17.2 Å². The van der Waals surface area contributed by atoms with Crippen molar-refractivity contribution >= 4 is 23.2 Å². The molecule has 0 spiro atoms. The molecule has 4 atom stereocenters. The number of halogens is 2. The van der Waals surface area contributed by atoms with Crippen molar-refractivity contribution in [2.75, 3.05) is 0 Å². The molecule has 0 amide bonds. The van der Waals surface area contributed by atoms with Crippen LogP contribution in [-0.4, -0.2) is 10.8 Å². The molecule has 0 aromatic carbocycles. The molecule has 50 valence electrons. The Morgan fingerprint density at radius 3 is 1.67 bits per heavy atom. The van der Waals surface area contributed by atoms with Crippen LogP contribution in [0.2, 0.25) is 0 Å². The molecule has 0 radical (unpaired) electrons. The molecule has 0 nitrogen and oxygen atoms in total. The SMILES string of the molecule is Cl[C@@H]1[C@H](Cl)[C@H]2C=C[C@H]1C2. The van der Waals surface area contributed by atoms with Gasteiger partial charge < -0.3 is 0 Å². The second-order valence-corrected chi connectivity index (χ2v) is 3.85. The van der Waals surface area contributed by atoms with Crippen LogP contribution in [-0.2, 0) is 0 Å². The molecule has 0 unspecified atom stereocenters. The number of allylic oxidation sites excluding steroid dienone is 2. The lowest BCUT2D eigenvalue weighted by Gasteiger charge is -2.15. The van der Waals surface area contributed by atoms with Crippen molar-refractivity contribution in [1.82, 2.24) is 0 Å². The maximum atomic E-state index is 5.98. The summed E-state index contributed by atoms with van der Waals surface area (Å²) < 4.78 is 0. The average molecular weight is 163 g/mol. The van der Waals surface area contributed by atoms with E-state index in [0.717, 1.165) is 0 Å². The Morgan fingerprint density at radius 1 is 1.00 bits per heavy atom. The summed E-state index contributed by atoms with van der Waals surface area (Å²) in [4.78, 5) is 0. The Balaban J connectivity index is 2.26. The second kappa shape index (κ2) is 1.90. The van der Waals surface area contributed by atoms with Gasteiger partial charge in [0, 0.05) is 0 Å². The van der Waals surface area contributed by atoms with Gasteiger partial charge in [-0.15, -0.1) is 23.2 Å². The lowest BCUT2D eigenvalue weighted by molar-refractivity contribution is 0.694. The van der Waals surface area contributed by atoms with Gasteiger partial charge in [0.15, 0.2) is 0 Å². The van der Waals surface area contributed by atoms with Crippen molar-refractivity contribution in [3.05, 3.63) is 12.2 Å². The lowest BCUT2D eigenvalue weighted by Crippen LogP contribution is -2.19. The van der Waals surface area contributed by atoms with Gasteiger partial charge in [-0.2, -0.15) is 0 Å². The van der Waals surface area contributed by atoms with Gasteiger partial charge in [0.05, 0.1) is 10.8 Å². The highest BCUT2D eigenvalue weighted by molar-refractivity contribution is 6.31. The van der Waals surface area contributed by atoms with Gasteiger partial charge in [0.25, 0.3) is 0 Å². The Bertz CT molecular complexity index is 137. The summed E-state index contributed by atoms with van der Waals surface area (Å²) >= 11 is 12.0. The number of hydrogen-bond donors (Lipinski definition) is 0. The van der Waals surface area contributed by atoms with Gasteiger partial charge in [-0.25, -0.2) is 0 Å². The minimum atomic E-state index is 0.196. The van der Waals surface area contributed by atoms with Gasteiger partial charge in [-0.05, 0) is 18.3 Å². The molecule has 9 heavy (non-hydrogen) atoms. The van der Waals surface area contributed by atoms with E-state index in [1.54, 1.807) is 0 Å². The topological polar surface area (TPSA) is 0 Å². The molecule has 0 N–H and O–H groups in total. The molecular formula is C7H8Cl2. The summed E-state index contributed by atoms with van der Waals surface area (Å²) in [7, 11) is 0. The largest absolute Gasteiger partial charge is 0.121 e. The van der Waals surface area contributed by atoms with Crippen LogP contribution >= 0.6 is 23.2 Å². The maximum Gasteiger partial charge on any atom is 0.0568 e. The first-order valence-corrected chi connectivity index (χ1v) is 4.13. The first-order valence-electron chi connectivity index (χ1n) is 3.25. The zero-order valence-corrected chi connectivity index (χ0v) is 6.44. The summed E-state index contributed by atoms with van der Waals surface area (Å²) in [5, 5.41) is 0.392. The van der Waals surface area contributed by atoms with Gasteiger partial charge in [-0.1, -0.05) is 12.2 Å². The fraction of sp³-hybridized carbons (Fsp3) is 0.714. The molecule has 0 heterocycles. The standard InChI is InChI=1S/C7H8Cl2/c8-6-4-1-2-5(3-4)7(6)9/h1-2,4-7H,3H2/t4-,5-,6-,7+/m0/s1. The molecule has 0 saturated heterocycles. The first kappa shape index (κ1) is 6.06. The third-order valence-electron chi connectivity index (χ3n) is 2.27. The minimum absolute atomic E-state index is 0.196. The highest BCUT2D eigenvalue weighted by atomic mass is 35.5. The van der Waals surface area contributed by atoms with Gasteiger partial charge in [0.2, 0.25) is 0 Å². The van der Waals surface area contributed by atoms with Crippen LogP contribution in [0, 0.1) is 11.8 Å². The predicted molar refractivity (Wildman–Crippen MR) is 40.0 cm³/mol. The fourth-order valence-electron chi connectivity index (χ4n) is 1.70. The fourth-order valence-corrected chi connectivity index (χ4v) is 2.45. The van der Waals surface area contributed by atoms with Crippen LogP contribution in [0.5, 0.6) is 0 Å². The Hall–Kier alpha value is 0.320. The minimum Gasteiger partial charge on any atom is -0.121 e. The summed E-state index contributed by atoms with van der Waals surface area (Å²) in [6.07, 6.45) is 5.57. The van der Waals surface area contributed by atoms with E-state index in [9.17, 15) is 0 Å². The molecule has 2 bridgehead atoms. The zero-order valence-electron chi connectivity index (χ0n) is 4.93. The Kier molecular flexibility index (Phi) is 1.28. The summed E-state index contributed by atoms with van der Waals surface area (Å²) in [5.74, 6) is 1.14. The molecule has 2 heteroatoms. The molecule has 0 aromatic rings. The number of fused-ring (bicyclic) bond motifs is 2. The number of rotatable bonds is 0.